The molecular weight excluding hydrogens is 402 g/mol. The Morgan fingerprint density at radius 2 is 1.87 bits per heavy atom. The van der Waals surface area contributed by atoms with Crippen LogP contribution in [0.4, 0.5) is 0 Å². The average molecular weight is 426 g/mol. The highest BCUT2D eigenvalue weighted by Gasteiger charge is 2.21. The van der Waals surface area contributed by atoms with Gasteiger partial charge in [0.25, 0.3) is 11.8 Å². The van der Waals surface area contributed by atoms with Crippen LogP contribution >= 0.6 is 11.6 Å². The molecule has 1 aliphatic heterocycles. The molecule has 6 nitrogen and oxygen atoms in total. The molecule has 0 fully saturated rings. The third-order valence-corrected chi connectivity index (χ3v) is 5.59. The maximum absolute atomic E-state index is 13.2. The number of halogens is 1. The number of H-pyrrole nitrogens is 1. The zero-order valence-electron chi connectivity index (χ0n) is 16.9. The smallest absolute Gasteiger partial charge is 0.270 e. The topological polar surface area (TPSA) is 65.6 Å². The molecule has 0 saturated carbocycles. The highest BCUT2D eigenvalue weighted by atomic mass is 35.5. The number of carbonyl (C=O) groups excluding carboxylic acids is 2. The lowest BCUT2D eigenvalue weighted by molar-refractivity contribution is 0.0700. The second kappa shape index (κ2) is 8.79. The van der Waals surface area contributed by atoms with Crippen LogP contribution in [-0.2, 0) is 0 Å². The van der Waals surface area contributed by atoms with Gasteiger partial charge in [0, 0.05) is 36.1 Å². The lowest BCUT2D eigenvalue weighted by atomic mass is 10.1. The molecule has 156 valence electrons. The van der Waals surface area contributed by atoms with Gasteiger partial charge in [0.15, 0.2) is 0 Å². The van der Waals surface area contributed by atoms with Crippen LogP contribution in [0, 0.1) is 0 Å². The van der Waals surface area contributed by atoms with Gasteiger partial charge in [0.2, 0.25) is 0 Å². The van der Waals surface area contributed by atoms with Crippen LogP contribution in [0.15, 0.2) is 48.5 Å². The van der Waals surface area contributed by atoms with Gasteiger partial charge in [0.1, 0.15) is 18.1 Å². The zero-order chi connectivity index (χ0) is 21.1. The molecule has 2 amide bonds. The van der Waals surface area contributed by atoms with E-state index in [1.165, 1.54) is 0 Å². The largest absolute Gasteiger partial charge is 0.491 e. The quantitative estimate of drug-likeness (QED) is 0.635. The highest BCUT2D eigenvalue weighted by Crippen LogP contribution is 2.25. The molecule has 30 heavy (non-hydrogen) atoms. The number of fused-ring (bicyclic) bond motifs is 2. The fourth-order valence-electron chi connectivity index (χ4n) is 3.69. The first-order valence-corrected chi connectivity index (χ1v) is 10.5. The van der Waals surface area contributed by atoms with E-state index in [1.807, 2.05) is 35.2 Å². The average Bonchev–Trinajstić information content (AvgIpc) is 3.18. The molecular formula is C23H24ClN3O3. The summed E-state index contributed by atoms with van der Waals surface area (Å²) in [5.41, 5.74) is 1.96. The fraction of sp³-hybridized carbons (Fsp3) is 0.304. The number of amides is 2. The molecule has 0 aliphatic carbocycles. The molecule has 1 aliphatic rings. The first-order chi connectivity index (χ1) is 14.5. The predicted molar refractivity (Wildman–Crippen MR) is 117 cm³/mol. The third kappa shape index (κ3) is 4.28. The highest BCUT2D eigenvalue weighted by molar-refractivity contribution is 6.31. The Morgan fingerprint density at radius 3 is 2.70 bits per heavy atom. The number of benzene rings is 2. The Morgan fingerprint density at radius 1 is 1.07 bits per heavy atom. The van der Waals surface area contributed by atoms with Gasteiger partial charge in [-0.05, 0) is 43.2 Å². The van der Waals surface area contributed by atoms with E-state index in [9.17, 15) is 9.59 Å². The number of aromatic nitrogens is 1. The second-order valence-corrected chi connectivity index (χ2v) is 7.92. The number of hydrogen-bond acceptors (Lipinski definition) is 3. The molecule has 1 N–H and O–H groups in total. The summed E-state index contributed by atoms with van der Waals surface area (Å²) in [4.78, 5) is 32.6. The zero-order valence-corrected chi connectivity index (χ0v) is 17.6. The molecule has 7 heteroatoms. The van der Waals surface area contributed by atoms with Crippen LogP contribution in [0.2, 0.25) is 5.02 Å². The molecule has 2 aromatic carbocycles. The number of ether oxygens (including phenoxy) is 1. The minimum atomic E-state index is -0.112. The Bertz CT molecular complexity index is 1050. The summed E-state index contributed by atoms with van der Waals surface area (Å²) in [7, 11) is 1.77. The lowest BCUT2D eigenvalue weighted by Crippen LogP contribution is -2.37. The number of aromatic amines is 1. The van der Waals surface area contributed by atoms with Gasteiger partial charge < -0.3 is 19.5 Å². The van der Waals surface area contributed by atoms with E-state index < -0.39 is 0 Å². The number of carbonyl (C=O) groups is 2. The van der Waals surface area contributed by atoms with Crippen molar-refractivity contribution in [3.05, 3.63) is 64.8 Å². The maximum Gasteiger partial charge on any atom is 0.270 e. The standard InChI is InChI=1S/C23H24ClN3O3/c1-26-10-4-5-11-27(23(29)20-14-16-6-2-3-7-19(16)25-20)12-13-30-21-9-8-17(24)15-18(21)22(26)28/h2-3,6-9,14-15,25H,4-5,10-13H2,1H3. The van der Waals surface area contributed by atoms with Crippen molar-refractivity contribution in [2.24, 2.45) is 0 Å². The molecule has 0 saturated heterocycles. The van der Waals surface area contributed by atoms with Crippen LogP contribution in [0.5, 0.6) is 5.75 Å². The number of para-hydroxylation sites is 1. The SMILES string of the molecule is CN1CCCCN(C(=O)c2cc3ccccc3[nH]2)CCOc2ccc(Cl)cc2C1=O. The Labute approximate surface area is 180 Å². The summed E-state index contributed by atoms with van der Waals surface area (Å²) < 4.78 is 5.90. The van der Waals surface area contributed by atoms with Crippen molar-refractivity contribution in [1.82, 2.24) is 14.8 Å². The van der Waals surface area contributed by atoms with Crippen molar-refractivity contribution >= 4 is 34.3 Å². The van der Waals surface area contributed by atoms with Gasteiger partial charge in [-0.1, -0.05) is 29.8 Å². The first kappa shape index (κ1) is 20.3. The minimum Gasteiger partial charge on any atom is -0.491 e. The minimum absolute atomic E-state index is 0.0485. The predicted octanol–water partition coefficient (Wildman–Crippen LogP) is 4.21. The molecule has 0 radical (unpaired) electrons. The van der Waals surface area contributed by atoms with Crippen molar-refractivity contribution in [3.63, 3.8) is 0 Å². The van der Waals surface area contributed by atoms with Gasteiger partial charge in [-0.2, -0.15) is 0 Å². The molecule has 2 heterocycles. The summed E-state index contributed by atoms with van der Waals surface area (Å²) >= 11 is 6.10. The van der Waals surface area contributed by atoms with E-state index in [0.717, 1.165) is 23.7 Å². The van der Waals surface area contributed by atoms with E-state index in [0.29, 0.717) is 41.7 Å². The molecule has 0 spiro atoms. The van der Waals surface area contributed by atoms with Crippen molar-refractivity contribution in [2.45, 2.75) is 12.8 Å². The summed E-state index contributed by atoms with van der Waals surface area (Å²) in [6, 6.07) is 14.8. The van der Waals surface area contributed by atoms with Crippen LogP contribution < -0.4 is 4.74 Å². The third-order valence-electron chi connectivity index (χ3n) is 5.36. The molecule has 0 bridgehead atoms. The van der Waals surface area contributed by atoms with Crippen molar-refractivity contribution < 1.29 is 14.3 Å². The molecule has 0 atom stereocenters. The molecule has 0 unspecified atom stereocenters. The fourth-order valence-corrected chi connectivity index (χ4v) is 3.87. The first-order valence-electron chi connectivity index (χ1n) is 10.1. The second-order valence-electron chi connectivity index (χ2n) is 7.49. The van der Waals surface area contributed by atoms with Crippen LogP contribution in [0.3, 0.4) is 0 Å². The molecule has 3 aromatic rings. The van der Waals surface area contributed by atoms with Crippen LogP contribution in [0.25, 0.3) is 10.9 Å². The summed E-state index contributed by atoms with van der Waals surface area (Å²) in [5.74, 6) is 0.321. The van der Waals surface area contributed by atoms with E-state index >= 15 is 0 Å². The van der Waals surface area contributed by atoms with Gasteiger partial charge in [-0.15, -0.1) is 0 Å². The Balaban J connectivity index is 1.55. The Kier molecular flexibility index (Phi) is 5.95. The van der Waals surface area contributed by atoms with Crippen LogP contribution in [-0.4, -0.2) is 59.9 Å². The maximum atomic E-state index is 13.2. The van der Waals surface area contributed by atoms with Gasteiger partial charge >= 0.3 is 0 Å². The van der Waals surface area contributed by atoms with Crippen LogP contribution in [0.1, 0.15) is 33.7 Å². The monoisotopic (exact) mass is 425 g/mol. The molecule has 4 rings (SSSR count). The summed E-state index contributed by atoms with van der Waals surface area (Å²) in [5, 5.41) is 1.50. The number of rotatable bonds is 1. The van der Waals surface area contributed by atoms with Gasteiger partial charge in [-0.3, -0.25) is 9.59 Å². The van der Waals surface area contributed by atoms with E-state index in [4.69, 9.17) is 16.3 Å². The normalized spacial score (nSPS) is 15.9. The Hall–Kier alpha value is -2.99. The number of nitrogens with zero attached hydrogens (tertiary/aromatic N) is 2. The number of nitrogens with one attached hydrogen (secondary N) is 1. The lowest BCUT2D eigenvalue weighted by Gasteiger charge is -2.25. The van der Waals surface area contributed by atoms with Crippen molar-refractivity contribution in [3.8, 4) is 5.75 Å². The van der Waals surface area contributed by atoms with Crippen molar-refractivity contribution in [2.75, 3.05) is 33.3 Å². The van der Waals surface area contributed by atoms with E-state index in [2.05, 4.69) is 4.98 Å². The molecule has 1 aromatic heterocycles. The summed E-state index contributed by atoms with van der Waals surface area (Å²) in [6.45, 7) is 1.92. The van der Waals surface area contributed by atoms with E-state index in [-0.39, 0.29) is 18.4 Å². The summed E-state index contributed by atoms with van der Waals surface area (Å²) in [6.07, 6.45) is 1.60. The van der Waals surface area contributed by atoms with Gasteiger partial charge in [-0.25, -0.2) is 0 Å². The van der Waals surface area contributed by atoms with Gasteiger partial charge in [0.05, 0.1) is 12.1 Å². The van der Waals surface area contributed by atoms with E-state index in [1.54, 1.807) is 30.1 Å². The number of hydrogen-bond donors (Lipinski definition) is 1. The van der Waals surface area contributed by atoms with Crippen molar-refractivity contribution in [1.29, 1.82) is 0 Å².